The Bertz CT molecular complexity index is 1300. The molecule has 0 aliphatic carbocycles. The molecule has 0 saturated heterocycles. The van der Waals surface area contributed by atoms with Crippen molar-refractivity contribution in [3.63, 3.8) is 0 Å². The molecular formula is C22H23F2N7OS. The zero-order valence-electron chi connectivity index (χ0n) is 18.8. The van der Waals surface area contributed by atoms with Crippen molar-refractivity contribution >= 4 is 34.9 Å². The number of hydrogen-bond donors (Lipinski definition) is 2. The molecule has 2 N–H and O–H groups in total. The number of nitrogens with one attached hydrogen (secondary N) is 2. The maximum Gasteiger partial charge on any atom is 0.177 e. The number of aromatic nitrogens is 5. The van der Waals surface area contributed by atoms with Gasteiger partial charge in [0.25, 0.3) is 0 Å². The van der Waals surface area contributed by atoms with Gasteiger partial charge in [-0.15, -0.1) is 11.8 Å². The Kier molecular flexibility index (Phi) is 6.23. The molecule has 0 fully saturated rings. The molecule has 8 nitrogen and oxygen atoms in total. The lowest BCUT2D eigenvalue weighted by atomic mass is 10.1. The van der Waals surface area contributed by atoms with Gasteiger partial charge in [-0.3, -0.25) is 9.78 Å². The molecule has 0 radical (unpaired) electrons. The Hall–Kier alpha value is -3.60. The average molecular weight is 472 g/mol. The Morgan fingerprint density at radius 2 is 2.03 bits per heavy atom. The predicted octanol–water partition coefficient (Wildman–Crippen LogP) is 5.03. The van der Waals surface area contributed by atoms with Crippen molar-refractivity contribution in [2.75, 3.05) is 30.6 Å². The highest BCUT2D eigenvalue weighted by atomic mass is 32.2. The van der Waals surface area contributed by atoms with Crippen LogP contribution in [0.15, 0.2) is 41.6 Å². The van der Waals surface area contributed by atoms with Gasteiger partial charge in [0.15, 0.2) is 29.0 Å². The molecule has 3 aromatic heterocycles. The van der Waals surface area contributed by atoms with Gasteiger partial charge in [0, 0.05) is 42.5 Å². The maximum atomic E-state index is 16.0. The van der Waals surface area contributed by atoms with Crippen molar-refractivity contribution < 1.29 is 13.5 Å². The van der Waals surface area contributed by atoms with Crippen molar-refractivity contribution in [1.82, 2.24) is 25.0 Å². The zero-order valence-corrected chi connectivity index (χ0v) is 19.6. The van der Waals surface area contributed by atoms with E-state index in [2.05, 4.69) is 25.6 Å². The maximum absolute atomic E-state index is 16.0. The van der Waals surface area contributed by atoms with E-state index in [0.717, 1.165) is 10.6 Å². The van der Waals surface area contributed by atoms with Crippen LogP contribution in [0.5, 0.6) is 5.75 Å². The van der Waals surface area contributed by atoms with Crippen LogP contribution in [-0.4, -0.2) is 45.4 Å². The van der Waals surface area contributed by atoms with Crippen LogP contribution in [0, 0.1) is 18.6 Å². The largest absolute Gasteiger partial charge is 0.492 e. The van der Waals surface area contributed by atoms with Gasteiger partial charge < -0.3 is 15.0 Å². The third-order valence-corrected chi connectivity index (χ3v) is 5.78. The van der Waals surface area contributed by atoms with Gasteiger partial charge in [0.05, 0.1) is 24.6 Å². The van der Waals surface area contributed by atoms with E-state index in [1.807, 2.05) is 13.2 Å². The summed E-state index contributed by atoms with van der Waals surface area (Å²) in [5, 5.41) is 14.2. The minimum Gasteiger partial charge on any atom is -0.492 e. The average Bonchev–Trinajstić information content (AvgIpc) is 3.41. The fourth-order valence-electron chi connectivity index (χ4n) is 3.45. The van der Waals surface area contributed by atoms with Crippen molar-refractivity contribution in [2.45, 2.75) is 11.8 Å². The van der Waals surface area contributed by atoms with Crippen molar-refractivity contribution in [3.8, 4) is 16.9 Å². The van der Waals surface area contributed by atoms with Crippen molar-refractivity contribution in [2.24, 2.45) is 7.05 Å². The van der Waals surface area contributed by atoms with E-state index >= 15 is 4.39 Å². The highest BCUT2D eigenvalue weighted by Gasteiger charge is 2.27. The number of aromatic amines is 1. The molecule has 0 unspecified atom stereocenters. The minimum absolute atomic E-state index is 0.0831. The normalized spacial score (nSPS) is 11.0. The van der Waals surface area contributed by atoms with Crippen LogP contribution < -0.4 is 15.0 Å². The summed E-state index contributed by atoms with van der Waals surface area (Å²) in [5.41, 5.74) is 1.66. The number of methoxy groups -OCH3 is 1. The standard InChI is InChI=1S/C22H23F2N7OS/c1-12-8-17(29-28-12)26-21-20(32-4)18(13-10-25-30(2)11-13)19(24)22(27-21)31(3)16-7-6-14(33-5)9-15(16)23/h6-11H,1-5H3,(H2,26,27,28,29). The molecule has 0 saturated carbocycles. The summed E-state index contributed by atoms with van der Waals surface area (Å²) < 4.78 is 37.9. The number of anilines is 4. The molecule has 4 aromatic rings. The van der Waals surface area contributed by atoms with E-state index in [-0.39, 0.29) is 28.6 Å². The van der Waals surface area contributed by atoms with Gasteiger partial charge in [0.2, 0.25) is 0 Å². The second-order valence-corrected chi connectivity index (χ2v) is 8.23. The highest BCUT2D eigenvalue weighted by molar-refractivity contribution is 7.98. The number of pyridine rings is 1. The first-order valence-corrected chi connectivity index (χ1v) is 11.2. The Morgan fingerprint density at radius 3 is 2.61 bits per heavy atom. The third-order valence-electron chi connectivity index (χ3n) is 5.06. The van der Waals surface area contributed by atoms with Gasteiger partial charge in [-0.25, -0.2) is 13.8 Å². The lowest BCUT2D eigenvalue weighted by Crippen LogP contribution is -2.17. The number of nitrogens with zero attached hydrogens (tertiary/aromatic N) is 5. The lowest BCUT2D eigenvalue weighted by Gasteiger charge is -2.23. The number of ether oxygens (including phenoxy) is 1. The van der Waals surface area contributed by atoms with Crippen LogP contribution in [-0.2, 0) is 7.05 Å². The summed E-state index contributed by atoms with van der Waals surface area (Å²) >= 11 is 1.42. The number of benzene rings is 1. The Morgan fingerprint density at radius 1 is 1.24 bits per heavy atom. The number of aryl methyl sites for hydroxylation is 2. The molecule has 3 heterocycles. The summed E-state index contributed by atoms with van der Waals surface area (Å²) in [6.07, 6.45) is 5.06. The molecule has 0 amide bonds. The molecule has 1 aromatic carbocycles. The van der Waals surface area contributed by atoms with Crippen molar-refractivity contribution in [3.05, 3.63) is 54.0 Å². The van der Waals surface area contributed by atoms with Crippen LogP contribution in [0.1, 0.15) is 5.69 Å². The highest BCUT2D eigenvalue weighted by Crippen LogP contribution is 2.43. The van der Waals surface area contributed by atoms with Gasteiger partial charge in [0.1, 0.15) is 5.82 Å². The smallest absolute Gasteiger partial charge is 0.177 e. The molecule has 4 rings (SSSR count). The van der Waals surface area contributed by atoms with E-state index < -0.39 is 11.6 Å². The van der Waals surface area contributed by atoms with E-state index in [9.17, 15) is 4.39 Å². The molecule has 172 valence electrons. The van der Waals surface area contributed by atoms with E-state index in [1.165, 1.54) is 36.0 Å². The van der Waals surface area contributed by atoms with Crippen LogP contribution >= 0.6 is 11.8 Å². The van der Waals surface area contributed by atoms with Gasteiger partial charge in [-0.05, 0) is 31.4 Å². The molecule has 0 bridgehead atoms. The van der Waals surface area contributed by atoms with Gasteiger partial charge >= 0.3 is 0 Å². The number of rotatable bonds is 7. The molecule has 33 heavy (non-hydrogen) atoms. The van der Waals surface area contributed by atoms with Gasteiger partial charge in [-0.1, -0.05) is 0 Å². The minimum atomic E-state index is -0.667. The number of H-pyrrole nitrogens is 1. The fourth-order valence-corrected chi connectivity index (χ4v) is 3.88. The van der Waals surface area contributed by atoms with E-state index in [0.29, 0.717) is 11.4 Å². The molecule has 0 spiro atoms. The second-order valence-electron chi connectivity index (χ2n) is 7.35. The quantitative estimate of drug-likeness (QED) is 0.366. The first kappa shape index (κ1) is 22.6. The molecule has 0 aliphatic rings. The molecular weight excluding hydrogens is 448 g/mol. The SMILES string of the molecule is COc1c(Nc2cc(C)[nH]n2)nc(N(C)c2ccc(SC)cc2F)c(F)c1-c1cnn(C)c1. The molecule has 0 atom stereocenters. The monoisotopic (exact) mass is 471 g/mol. The molecule has 11 heteroatoms. The summed E-state index contributed by atoms with van der Waals surface area (Å²) in [6, 6.07) is 6.55. The zero-order chi connectivity index (χ0) is 23.7. The summed E-state index contributed by atoms with van der Waals surface area (Å²) in [5.74, 6) is -0.351. The van der Waals surface area contributed by atoms with Crippen molar-refractivity contribution in [1.29, 1.82) is 0 Å². The van der Waals surface area contributed by atoms with Gasteiger partial charge in [-0.2, -0.15) is 10.2 Å². The Balaban J connectivity index is 1.91. The number of thioether (sulfide) groups is 1. The van der Waals surface area contributed by atoms with Crippen LogP contribution in [0.3, 0.4) is 0 Å². The lowest BCUT2D eigenvalue weighted by molar-refractivity contribution is 0.413. The first-order chi connectivity index (χ1) is 15.8. The molecule has 0 aliphatic heterocycles. The summed E-state index contributed by atoms with van der Waals surface area (Å²) in [7, 11) is 4.72. The fraction of sp³-hybridized carbons (Fsp3) is 0.227. The van der Waals surface area contributed by atoms with E-state index in [4.69, 9.17) is 4.74 Å². The van der Waals surface area contributed by atoms with Crippen LogP contribution in [0.25, 0.3) is 11.1 Å². The van der Waals surface area contributed by atoms with Crippen LogP contribution in [0.4, 0.5) is 31.9 Å². The predicted molar refractivity (Wildman–Crippen MR) is 126 cm³/mol. The van der Waals surface area contributed by atoms with E-state index in [1.54, 1.807) is 43.2 Å². The summed E-state index contributed by atoms with van der Waals surface area (Å²) in [4.78, 5) is 6.60. The Labute approximate surface area is 194 Å². The number of hydrogen-bond acceptors (Lipinski definition) is 7. The topological polar surface area (TPSA) is 83.9 Å². The number of halogens is 2. The first-order valence-electron chi connectivity index (χ1n) is 9.95. The summed E-state index contributed by atoms with van der Waals surface area (Å²) in [6.45, 7) is 1.86. The third kappa shape index (κ3) is 4.36. The second kappa shape index (κ2) is 9.10. The van der Waals surface area contributed by atoms with Crippen LogP contribution in [0.2, 0.25) is 0 Å².